The molecule has 0 unspecified atom stereocenters. The number of benzene rings is 3. The smallest absolute Gasteiger partial charge is 0.259 e. The van der Waals surface area contributed by atoms with E-state index in [2.05, 4.69) is 0 Å². The molecule has 0 N–H and O–H groups in total. The van der Waals surface area contributed by atoms with Crippen LogP contribution < -0.4 is 19.8 Å². The van der Waals surface area contributed by atoms with Gasteiger partial charge in [-0.2, -0.15) is 0 Å². The predicted octanol–water partition coefficient (Wildman–Crippen LogP) is 4.35. The van der Waals surface area contributed by atoms with Crippen LogP contribution in [0.5, 0.6) is 17.2 Å². The van der Waals surface area contributed by atoms with Crippen molar-refractivity contribution in [3.8, 4) is 17.2 Å². The van der Waals surface area contributed by atoms with Gasteiger partial charge in [0.05, 0.1) is 26.7 Å². The minimum Gasteiger partial charge on any atom is -0.497 e. The first kappa shape index (κ1) is 17.2. The Morgan fingerprint density at radius 2 is 1.44 bits per heavy atom. The van der Waals surface area contributed by atoms with Crippen LogP contribution in [0, 0.1) is 0 Å². The number of rotatable bonds is 4. The molecule has 0 atom stereocenters. The van der Waals surface area contributed by atoms with Crippen LogP contribution in [0.1, 0.15) is 6.92 Å². The van der Waals surface area contributed by atoms with Gasteiger partial charge in [0.1, 0.15) is 5.75 Å². The van der Waals surface area contributed by atoms with Crippen molar-refractivity contribution in [3.05, 3.63) is 52.9 Å². The standard InChI is InChI=1S/C22H21NO4/c1-5-23-9-8-15-17-12-20(27-4)19(26-3)11-16(17)14-7-6-13(25-2)10-18(14)21(15)22(23)24/h6-12H,5H2,1-4H3. The van der Waals surface area contributed by atoms with Gasteiger partial charge in [-0.05, 0) is 64.2 Å². The fourth-order valence-electron chi connectivity index (χ4n) is 3.72. The van der Waals surface area contributed by atoms with Crippen LogP contribution in [0.4, 0.5) is 0 Å². The van der Waals surface area contributed by atoms with E-state index in [1.807, 2.05) is 49.5 Å². The molecule has 0 aliphatic carbocycles. The highest BCUT2D eigenvalue weighted by molar-refractivity contribution is 6.25. The molecule has 0 aliphatic heterocycles. The average molecular weight is 363 g/mol. The van der Waals surface area contributed by atoms with E-state index in [9.17, 15) is 4.79 Å². The van der Waals surface area contributed by atoms with Gasteiger partial charge in [-0.1, -0.05) is 6.07 Å². The van der Waals surface area contributed by atoms with E-state index < -0.39 is 0 Å². The second-order valence-corrected chi connectivity index (χ2v) is 6.36. The Kier molecular flexibility index (Phi) is 4.15. The van der Waals surface area contributed by atoms with Gasteiger partial charge >= 0.3 is 0 Å². The predicted molar refractivity (Wildman–Crippen MR) is 109 cm³/mol. The average Bonchev–Trinajstić information content (AvgIpc) is 2.72. The Morgan fingerprint density at radius 3 is 2.04 bits per heavy atom. The zero-order valence-corrected chi connectivity index (χ0v) is 15.8. The topological polar surface area (TPSA) is 49.7 Å². The molecule has 0 radical (unpaired) electrons. The Bertz CT molecular complexity index is 1240. The lowest BCUT2D eigenvalue weighted by Gasteiger charge is -2.15. The Labute approximate surface area is 156 Å². The summed E-state index contributed by atoms with van der Waals surface area (Å²) in [6.07, 6.45) is 1.84. The Balaban J connectivity index is 2.32. The van der Waals surface area contributed by atoms with Gasteiger partial charge in [-0.25, -0.2) is 0 Å². The largest absolute Gasteiger partial charge is 0.497 e. The highest BCUT2D eigenvalue weighted by Gasteiger charge is 2.16. The van der Waals surface area contributed by atoms with Gasteiger partial charge < -0.3 is 18.8 Å². The van der Waals surface area contributed by atoms with Gasteiger partial charge in [-0.3, -0.25) is 4.79 Å². The van der Waals surface area contributed by atoms with Crippen molar-refractivity contribution >= 4 is 32.3 Å². The third-order valence-electron chi connectivity index (χ3n) is 5.11. The van der Waals surface area contributed by atoms with E-state index >= 15 is 0 Å². The van der Waals surface area contributed by atoms with Crippen LogP contribution >= 0.6 is 0 Å². The molecular weight excluding hydrogens is 342 g/mol. The quantitative estimate of drug-likeness (QED) is 0.506. The lowest BCUT2D eigenvalue weighted by atomic mass is 9.94. The molecule has 0 spiro atoms. The van der Waals surface area contributed by atoms with Crippen LogP contribution in [-0.2, 0) is 6.54 Å². The first-order valence-electron chi connectivity index (χ1n) is 8.81. The van der Waals surface area contributed by atoms with Gasteiger partial charge in [0.2, 0.25) is 0 Å². The number of ether oxygens (including phenoxy) is 3. The van der Waals surface area contributed by atoms with Crippen molar-refractivity contribution in [2.24, 2.45) is 0 Å². The van der Waals surface area contributed by atoms with Crippen LogP contribution in [-0.4, -0.2) is 25.9 Å². The van der Waals surface area contributed by atoms with Crippen molar-refractivity contribution in [1.29, 1.82) is 0 Å². The summed E-state index contributed by atoms with van der Waals surface area (Å²) >= 11 is 0. The molecule has 0 amide bonds. The molecule has 4 aromatic rings. The lowest BCUT2D eigenvalue weighted by molar-refractivity contribution is 0.356. The third-order valence-corrected chi connectivity index (χ3v) is 5.11. The number of nitrogens with zero attached hydrogens (tertiary/aromatic N) is 1. The SMILES string of the molecule is CCn1ccc2c3cc(OC)c(OC)cc3c3ccc(OC)cc3c2c1=O. The van der Waals surface area contributed by atoms with Gasteiger partial charge in [0, 0.05) is 12.7 Å². The number of aryl methyl sites for hydroxylation is 1. The van der Waals surface area contributed by atoms with Crippen LogP contribution in [0.2, 0.25) is 0 Å². The van der Waals surface area contributed by atoms with E-state index in [0.717, 1.165) is 32.7 Å². The van der Waals surface area contributed by atoms with Crippen LogP contribution in [0.3, 0.4) is 0 Å². The molecule has 0 aliphatic rings. The first-order chi connectivity index (χ1) is 13.1. The van der Waals surface area contributed by atoms with E-state index in [1.165, 1.54) is 0 Å². The van der Waals surface area contributed by atoms with Crippen molar-refractivity contribution in [2.45, 2.75) is 13.5 Å². The highest BCUT2D eigenvalue weighted by Crippen LogP contribution is 2.40. The molecule has 138 valence electrons. The van der Waals surface area contributed by atoms with E-state index in [4.69, 9.17) is 14.2 Å². The zero-order chi connectivity index (χ0) is 19.1. The van der Waals surface area contributed by atoms with Crippen molar-refractivity contribution < 1.29 is 14.2 Å². The fourth-order valence-corrected chi connectivity index (χ4v) is 3.72. The summed E-state index contributed by atoms with van der Waals surface area (Å²) < 4.78 is 18.1. The van der Waals surface area contributed by atoms with Crippen molar-refractivity contribution in [1.82, 2.24) is 4.57 Å². The van der Waals surface area contributed by atoms with Gasteiger partial charge in [-0.15, -0.1) is 0 Å². The molecule has 0 saturated carbocycles. The maximum atomic E-state index is 13.2. The molecule has 5 heteroatoms. The molecule has 5 nitrogen and oxygen atoms in total. The number of fused-ring (bicyclic) bond motifs is 6. The monoisotopic (exact) mass is 363 g/mol. The summed E-state index contributed by atoms with van der Waals surface area (Å²) in [5.41, 5.74) is -0.00932. The molecular formula is C22H21NO4. The molecule has 4 rings (SSSR count). The number of hydrogen-bond acceptors (Lipinski definition) is 4. The summed E-state index contributed by atoms with van der Waals surface area (Å²) in [6, 6.07) is 11.7. The normalized spacial score (nSPS) is 11.3. The van der Waals surface area contributed by atoms with E-state index in [-0.39, 0.29) is 5.56 Å². The summed E-state index contributed by atoms with van der Waals surface area (Å²) in [5.74, 6) is 2.01. The second kappa shape index (κ2) is 6.50. The molecule has 3 aromatic carbocycles. The minimum atomic E-state index is -0.00932. The number of pyridine rings is 1. The van der Waals surface area contributed by atoms with Crippen LogP contribution in [0.15, 0.2) is 47.4 Å². The van der Waals surface area contributed by atoms with Gasteiger partial charge in [0.15, 0.2) is 11.5 Å². The molecule has 1 aromatic heterocycles. The highest BCUT2D eigenvalue weighted by atomic mass is 16.5. The Hall–Kier alpha value is -3.21. The summed E-state index contributed by atoms with van der Waals surface area (Å²) in [4.78, 5) is 13.2. The van der Waals surface area contributed by atoms with E-state index in [1.54, 1.807) is 25.9 Å². The number of aromatic nitrogens is 1. The molecule has 0 bridgehead atoms. The fraction of sp³-hybridized carbons (Fsp3) is 0.227. The molecule has 0 fully saturated rings. The third kappa shape index (κ3) is 2.50. The maximum Gasteiger partial charge on any atom is 0.259 e. The number of methoxy groups -OCH3 is 3. The van der Waals surface area contributed by atoms with Crippen LogP contribution in [0.25, 0.3) is 32.3 Å². The minimum absolute atomic E-state index is 0.00932. The molecule has 1 heterocycles. The summed E-state index contributed by atoms with van der Waals surface area (Å²) in [7, 11) is 4.86. The maximum absolute atomic E-state index is 13.2. The summed E-state index contributed by atoms with van der Waals surface area (Å²) in [6.45, 7) is 2.58. The molecule has 27 heavy (non-hydrogen) atoms. The van der Waals surface area contributed by atoms with Gasteiger partial charge in [0.25, 0.3) is 5.56 Å². The summed E-state index contributed by atoms with van der Waals surface area (Å²) in [5, 5.41) is 5.39. The first-order valence-corrected chi connectivity index (χ1v) is 8.81. The van der Waals surface area contributed by atoms with Crippen molar-refractivity contribution in [2.75, 3.05) is 21.3 Å². The lowest BCUT2D eigenvalue weighted by Crippen LogP contribution is -2.18. The number of hydrogen-bond donors (Lipinski definition) is 0. The Morgan fingerprint density at radius 1 is 0.778 bits per heavy atom. The second-order valence-electron chi connectivity index (χ2n) is 6.36. The van der Waals surface area contributed by atoms with E-state index in [0.29, 0.717) is 23.4 Å². The zero-order valence-electron chi connectivity index (χ0n) is 15.8. The van der Waals surface area contributed by atoms with Crippen molar-refractivity contribution in [3.63, 3.8) is 0 Å². The molecule has 0 saturated heterocycles.